The molecule has 0 aromatic heterocycles. The predicted octanol–water partition coefficient (Wildman–Crippen LogP) is 3.81. The Balaban J connectivity index is 2.87. The van der Waals surface area contributed by atoms with Crippen molar-refractivity contribution in [2.24, 2.45) is 11.7 Å². The Hall–Kier alpha value is -0.780. The molecule has 0 aliphatic heterocycles. The number of hydrogen-bond donors (Lipinski definition) is 2. The second kappa shape index (κ2) is 8.49. The summed E-state index contributed by atoms with van der Waals surface area (Å²) in [5.41, 5.74) is 6.04. The standard InChI is InChI=1S/C14H20BrClN2O2/c1-3-20-13-11(15)7-10(16)8-12(13)18-14(19)9(2)5-4-6-17/h7-9H,3-6,17H2,1-2H3,(H,18,19). The van der Waals surface area contributed by atoms with Gasteiger partial charge in [0.2, 0.25) is 5.91 Å². The normalized spacial score (nSPS) is 12.1. The molecule has 3 N–H and O–H groups in total. The van der Waals surface area contributed by atoms with Gasteiger partial charge in [-0.15, -0.1) is 0 Å². The number of amides is 1. The Morgan fingerprint density at radius 1 is 1.55 bits per heavy atom. The highest BCUT2D eigenvalue weighted by molar-refractivity contribution is 9.10. The van der Waals surface area contributed by atoms with Crippen LogP contribution in [0.4, 0.5) is 5.69 Å². The Morgan fingerprint density at radius 2 is 2.25 bits per heavy atom. The van der Waals surface area contributed by atoms with Gasteiger partial charge in [-0.3, -0.25) is 4.79 Å². The molecule has 1 aromatic rings. The molecule has 1 atom stereocenters. The van der Waals surface area contributed by atoms with Gasteiger partial charge in [0.25, 0.3) is 0 Å². The van der Waals surface area contributed by atoms with Crippen LogP contribution in [-0.4, -0.2) is 19.1 Å². The van der Waals surface area contributed by atoms with Gasteiger partial charge in [-0.25, -0.2) is 0 Å². The highest BCUT2D eigenvalue weighted by atomic mass is 79.9. The summed E-state index contributed by atoms with van der Waals surface area (Å²) in [6.45, 7) is 4.86. The van der Waals surface area contributed by atoms with Crippen molar-refractivity contribution in [2.75, 3.05) is 18.5 Å². The van der Waals surface area contributed by atoms with Crippen LogP contribution in [0.1, 0.15) is 26.7 Å². The molecule has 0 aliphatic carbocycles. The lowest BCUT2D eigenvalue weighted by atomic mass is 10.0. The van der Waals surface area contributed by atoms with Crippen molar-refractivity contribution < 1.29 is 9.53 Å². The summed E-state index contributed by atoms with van der Waals surface area (Å²) in [6.07, 6.45) is 1.58. The number of anilines is 1. The zero-order valence-corrected chi connectivity index (χ0v) is 14.1. The molecule has 1 unspecified atom stereocenters. The van der Waals surface area contributed by atoms with Crippen LogP contribution in [0.3, 0.4) is 0 Å². The number of carbonyl (C=O) groups excluding carboxylic acids is 1. The maximum absolute atomic E-state index is 12.1. The van der Waals surface area contributed by atoms with Gasteiger partial charge in [0.1, 0.15) is 0 Å². The SMILES string of the molecule is CCOc1c(Br)cc(Cl)cc1NC(=O)C(C)CCCN. The van der Waals surface area contributed by atoms with Crippen molar-refractivity contribution in [1.82, 2.24) is 0 Å². The monoisotopic (exact) mass is 362 g/mol. The summed E-state index contributed by atoms with van der Waals surface area (Å²) in [4.78, 5) is 12.1. The number of carbonyl (C=O) groups is 1. The molecule has 1 amide bonds. The van der Waals surface area contributed by atoms with Crippen LogP contribution in [0, 0.1) is 5.92 Å². The third kappa shape index (κ3) is 4.96. The van der Waals surface area contributed by atoms with Gasteiger partial charge in [0.15, 0.2) is 5.75 Å². The van der Waals surface area contributed by atoms with E-state index in [-0.39, 0.29) is 11.8 Å². The Bertz CT molecular complexity index is 469. The van der Waals surface area contributed by atoms with E-state index in [1.165, 1.54) is 0 Å². The number of ether oxygens (including phenoxy) is 1. The molecule has 0 saturated heterocycles. The molecule has 1 rings (SSSR count). The lowest BCUT2D eigenvalue weighted by molar-refractivity contribution is -0.119. The van der Waals surface area contributed by atoms with Crippen molar-refractivity contribution in [3.05, 3.63) is 21.6 Å². The summed E-state index contributed by atoms with van der Waals surface area (Å²) >= 11 is 9.41. The summed E-state index contributed by atoms with van der Waals surface area (Å²) in [6, 6.07) is 3.42. The summed E-state index contributed by atoms with van der Waals surface area (Å²) in [5.74, 6) is 0.427. The van der Waals surface area contributed by atoms with Gasteiger partial charge in [0.05, 0.1) is 16.8 Å². The summed E-state index contributed by atoms with van der Waals surface area (Å²) in [7, 11) is 0. The van der Waals surface area contributed by atoms with E-state index in [1.54, 1.807) is 12.1 Å². The molecule has 0 fully saturated rings. The van der Waals surface area contributed by atoms with Crippen LogP contribution < -0.4 is 15.8 Å². The topological polar surface area (TPSA) is 64.3 Å². The van der Waals surface area contributed by atoms with E-state index >= 15 is 0 Å². The fraction of sp³-hybridized carbons (Fsp3) is 0.500. The largest absolute Gasteiger partial charge is 0.491 e. The zero-order valence-electron chi connectivity index (χ0n) is 11.7. The van der Waals surface area contributed by atoms with Crippen LogP contribution in [0.25, 0.3) is 0 Å². The van der Waals surface area contributed by atoms with Gasteiger partial charge in [0, 0.05) is 10.9 Å². The van der Waals surface area contributed by atoms with E-state index < -0.39 is 0 Å². The van der Waals surface area contributed by atoms with E-state index in [0.717, 1.165) is 17.3 Å². The molecule has 20 heavy (non-hydrogen) atoms. The highest BCUT2D eigenvalue weighted by Crippen LogP contribution is 2.36. The molecule has 0 saturated carbocycles. The number of benzene rings is 1. The second-order valence-corrected chi connectivity index (χ2v) is 5.81. The molecule has 4 nitrogen and oxygen atoms in total. The van der Waals surface area contributed by atoms with Gasteiger partial charge in [-0.05, 0) is 54.4 Å². The lowest BCUT2D eigenvalue weighted by Gasteiger charge is -2.16. The maximum Gasteiger partial charge on any atom is 0.227 e. The maximum atomic E-state index is 12.1. The van der Waals surface area contributed by atoms with Crippen LogP contribution in [-0.2, 0) is 4.79 Å². The van der Waals surface area contributed by atoms with Crippen molar-refractivity contribution in [3.8, 4) is 5.75 Å². The lowest BCUT2D eigenvalue weighted by Crippen LogP contribution is -2.21. The van der Waals surface area contributed by atoms with Crippen LogP contribution in [0.5, 0.6) is 5.75 Å². The fourth-order valence-corrected chi connectivity index (χ4v) is 2.68. The van der Waals surface area contributed by atoms with E-state index in [1.807, 2.05) is 13.8 Å². The molecule has 112 valence electrons. The molecule has 0 bridgehead atoms. The van der Waals surface area contributed by atoms with Crippen molar-refractivity contribution in [3.63, 3.8) is 0 Å². The van der Waals surface area contributed by atoms with Gasteiger partial charge < -0.3 is 15.8 Å². The predicted molar refractivity (Wildman–Crippen MR) is 86.4 cm³/mol. The number of halogens is 2. The van der Waals surface area contributed by atoms with E-state index in [2.05, 4.69) is 21.2 Å². The average Bonchev–Trinajstić information content (AvgIpc) is 2.39. The second-order valence-electron chi connectivity index (χ2n) is 4.52. The molecule has 6 heteroatoms. The first-order chi connectivity index (χ1) is 9.49. The minimum atomic E-state index is -0.106. The molecule has 0 heterocycles. The van der Waals surface area contributed by atoms with E-state index in [0.29, 0.717) is 29.6 Å². The van der Waals surface area contributed by atoms with Crippen LogP contribution in [0.15, 0.2) is 16.6 Å². The molecular formula is C14H20BrClN2O2. The van der Waals surface area contributed by atoms with Crippen molar-refractivity contribution in [2.45, 2.75) is 26.7 Å². The molecule has 1 aromatic carbocycles. The molecule has 0 aliphatic rings. The molecule has 0 radical (unpaired) electrons. The van der Waals surface area contributed by atoms with Crippen molar-refractivity contribution >= 4 is 39.1 Å². The molecular weight excluding hydrogens is 344 g/mol. The zero-order chi connectivity index (χ0) is 15.1. The number of rotatable bonds is 7. The Labute approximate surface area is 133 Å². The highest BCUT2D eigenvalue weighted by Gasteiger charge is 2.17. The first-order valence-electron chi connectivity index (χ1n) is 6.62. The summed E-state index contributed by atoms with van der Waals surface area (Å²) < 4.78 is 6.26. The summed E-state index contributed by atoms with van der Waals surface area (Å²) in [5, 5.41) is 3.40. The fourth-order valence-electron chi connectivity index (χ4n) is 1.76. The first kappa shape index (κ1) is 17.3. The smallest absolute Gasteiger partial charge is 0.227 e. The quantitative estimate of drug-likeness (QED) is 0.774. The number of nitrogens with one attached hydrogen (secondary N) is 1. The molecule has 0 spiro atoms. The Morgan fingerprint density at radius 3 is 2.85 bits per heavy atom. The average molecular weight is 364 g/mol. The van der Waals surface area contributed by atoms with Crippen LogP contribution >= 0.6 is 27.5 Å². The van der Waals surface area contributed by atoms with Gasteiger partial charge >= 0.3 is 0 Å². The van der Waals surface area contributed by atoms with Crippen molar-refractivity contribution in [1.29, 1.82) is 0 Å². The number of hydrogen-bond acceptors (Lipinski definition) is 3. The van der Waals surface area contributed by atoms with E-state index in [9.17, 15) is 4.79 Å². The Kier molecular flexibility index (Phi) is 7.34. The van der Waals surface area contributed by atoms with Crippen LogP contribution in [0.2, 0.25) is 5.02 Å². The van der Waals surface area contributed by atoms with Gasteiger partial charge in [-0.1, -0.05) is 18.5 Å². The van der Waals surface area contributed by atoms with Gasteiger partial charge in [-0.2, -0.15) is 0 Å². The minimum absolute atomic E-state index is 0.0615. The minimum Gasteiger partial charge on any atom is -0.491 e. The number of nitrogens with two attached hydrogens (primary N) is 1. The van der Waals surface area contributed by atoms with E-state index in [4.69, 9.17) is 22.1 Å². The first-order valence-corrected chi connectivity index (χ1v) is 7.79. The third-order valence-corrected chi connectivity index (χ3v) is 3.65. The third-order valence-electron chi connectivity index (χ3n) is 2.84.